The van der Waals surface area contributed by atoms with Crippen molar-refractivity contribution in [2.45, 2.75) is 13.8 Å². The number of aryl methyl sites for hydroxylation is 2. The van der Waals surface area contributed by atoms with E-state index in [4.69, 9.17) is 15.0 Å². The molecule has 0 spiro atoms. The van der Waals surface area contributed by atoms with Gasteiger partial charge in [0.1, 0.15) is 0 Å². The van der Waals surface area contributed by atoms with Crippen LogP contribution in [-0.2, 0) is 0 Å². The Morgan fingerprint density at radius 3 is 1.26 bits per heavy atom. The summed E-state index contributed by atoms with van der Waals surface area (Å²) in [6.07, 6.45) is 0. The summed E-state index contributed by atoms with van der Waals surface area (Å²) < 4.78 is 2.39. The molecule has 7 aromatic rings. The molecule has 7 rings (SSSR count). The fourth-order valence-electron chi connectivity index (χ4n) is 5.41. The Kier molecular flexibility index (Phi) is 5.52. The Morgan fingerprint density at radius 1 is 0.410 bits per heavy atom. The molecule has 0 radical (unpaired) electrons. The summed E-state index contributed by atoms with van der Waals surface area (Å²) in [5.74, 6) is 1.98. The second kappa shape index (κ2) is 9.34. The molecule has 186 valence electrons. The van der Waals surface area contributed by atoms with E-state index in [2.05, 4.69) is 79.1 Å². The van der Waals surface area contributed by atoms with E-state index in [-0.39, 0.29) is 0 Å². The number of nitrogens with zero attached hydrogens (tertiary/aromatic N) is 4. The number of fused-ring (bicyclic) bond motifs is 3. The highest BCUT2D eigenvalue weighted by molar-refractivity contribution is 6.11. The van der Waals surface area contributed by atoms with Crippen LogP contribution in [0, 0.1) is 13.8 Å². The summed E-state index contributed by atoms with van der Waals surface area (Å²) in [5.41, 5.74) is 8.99. The van der Waals surface area contributed by atoms with Gasteiger partial charge < -0.3 is 4.57 Å². The summed E-state index contributed by atoms with van der Waals surface area (Å²) in [4.78, 5) is 14.6. The first-order valence-corrected chi connectivity index (χ1v) is 13.1. The lowest BCUT2D eigenvalue weighted by Crippen LogP contribution is -2.01. The largest absolute Gasteiger partial charge is 0.309 e. The van der Waals surface area contributed by atoms with Gasteiger partial charge in [0.05, 0.1) is 11.0 Å². The van der Waals surface area contributed by atoms with Crippen LogP contribution in [0.3, 0.4) is 0 Å². The zero-order valence-electron chi connectivity index (χ0n) is 21.8. The molecule has 0 fully saturated rings. The lowest BCUT2D eigenvalue weighted by molar-refractivity contribution is 1.07. The Labute approximate surface area is 227 Å². The number of para-hydroxylation sites is 2. The van der Waals surface area contributed by atoms with Gasteiger partial charge in [-0.1, -0.05) is 97.1 Å². The molecule has 2 heterocycles. The number of hydrogen-bond donors (Lipinski definition) is 0. The maximum atomic E-state index is 4.89. The van der Waals surface area contributed by atoms with Gasteiger partial charge >= 0.3 is 0 Å². The van der Waals surface area contributed by atoms with Crippen LogP contribution in [0.4, 0.5) is 0 Å². The summed E-state index contributed by atoms with van der Waals surface area (Å²) in [6, 6.07) is 41.8. The maximum absolute atomic E-state index is 4.89. The van der Waals surface area contributed by atoms with Crippen LogP contribution in [0.5, 0.6) is 0 Å². The predicted octanol–water partition coefficient (Wildman–Crippen LogP) is 8.59. The Hall–Kier alpha value is -5.09. The highest BCUT2D eigenvalue weighted by Crippen LogP contribution is 2.36. The lowest BCUT2D eigenvalue weighted by atomic mass is 10.1. The van der Waals surface area contributed by atoms with E-state index in [0.29, 0.717) is 17.5 Å². The van der Waals surface area contributed by atoms with Crippen LogP contribution in [0.15, 0.2) is 121 Å². The molecular weight excluding hydrogens is 476 g/mol. The first kappa shape index (κ1) is 23.1. The van der Waals surface area contributed by atoms with Gasteiger partial charge in [0.15, 0.2) is 17.5 Å². The van der Waals surface area contributed by atoms with Crippen molar-refractivity contribution in [3.63, 3.8) is 0 Å². The van der Waals surface area contributed by atoms with Gasteiger partial charge in [-0.15, -0.1) is 0 Å². The van der Waals surface area contributed by atoms with Gasteiger partial charge in [0.2, 0.25) is 0 Å². The second-order valence-electron chi connectivity index (χ2n) is 9.86. The van der Waals surface area contributed by atoms with Crippen molar-refractivity contribution >= 4 is 21.8 Å². The van der Waals surface area contributed by atoms with Crippen molar-refractivity contribution < 1.29 is 0 Å². The summed E-state index contributed by atoms with van der Waals surface area (Å²) in [6.45, 7) is 4.37. The Balaban J connectivity index is 1.39. The number of benzene rings is 5. The zero-order chi connectivity index (χ0) is 26.3. The lowest BCUT2D eigenvalue weighted by Gasteiger charge is -2.12. The van der Waals surface area contributed by atoms with Gasteiger partial charge in [0, 0.05) is 33.2 Å². The smallest absolute Gasteiger partial charge is 0.164 e. The highest BCUT2D eigenvalue weighted by Gasteiger charge is 2.16. The molecule has 0 saturated carbocycles. The standard InChI is InChI=1S/C35H26N4/c1-23-11-9-17-29-30-18-10-12-24(2)32(30)39(31(23)29)28-21-19-27(20-22-28)35-37-33(25-13-5-3-6-14-25)36-34(38-35)26-15-7-4-8-16-26/h3-22H,1-2H3. The van der Waals surface area contributed by atoms with Gasteiger partial charge in [-0.2, -0.15) is 0 Å². The fourth-order valence-corrected chi connectivity index (χ4v) is 5.41. The molecule has 0 atom stereocenters. The average Bonchev–Trinajstić information content (AvgIpc) is 3.35. The maximum Gasteiger partial charge on any atom is 0.164 e. The molecule has 2 aromatic heterocycles. The molecule has 0 amide bonds. The molecule has 0 aliphatic rings. The third-order valence-electron chi connectivity index (χ3n) is 7.30. The van der Waals surface area contributed by atoms with E-state index in [0.717, 1.165) is 22.4 Å². The highest BCUT2D eigenvalue weighted by atomic mass is 15.0. The third-order valence-corrected chi connectivity index (χ3v) is 7.30. The van der Waals surface area contributed by atoms with Crippen molar-refractivity contribution in [1.29, 1.82) is 0 Å². The van der Waals surface area contributed by atoms with Crippen LogP contribution in [0.2, 0.25) is 0 Å². The normalized spacial score (nSPS) is 11.3. The van der Waals surface area contributed by atoms with E-state index < -0.39 is 0 Å². The van der Waals surface area contributed by atoms with Crippen LogP contribution in [0.1, 0.15) is 11.1 Å². The fraction of sp³-hybridized carbons (Fsp3) is 0.0571. The molecule has 0 aliphatic heterocycles. The molecule has 0 saturated heterocycles. The number of hydrogen-bond acceptors (Lipinski definition) is 3. The molecule has 0 bridgehead atoms. The van der Waals surface area contributed by atoms with E-state index in [1.54, 1.807) is 0 Å². The van der Waals surface area contributed by atoms with Gasteiger partial charge in [-0.3, -0.25) is 0 Å². The van der Waals surface area contributed by atoms with Crippen molar-refractivity contribution in [3.05, 3.63) is 132 Å². The average molecular weight is 503 g/mol. The monoisotopic (exact) mass is 502 g/mol. The number of aromatic nitrogens is 4. The van der Waals surface area contributed by atoms with Crippen LogP contribution < -0.4 is 0 Å². The SMILES string of the molecule is Cc1cccc2c3cccc(C)c3n(-c3ccc(-c4nc(-c5ccccc5)nc(-c5ccccc5)n4)cc3)c12. The van der Waals surface area contributed by atoms with Gasteiger partial charge in [-0.05, 0) is 49.2 Å². The Bertz CT molecular complexity index is 1840. The molecule has 39 heavy (non-hydrogen) atoms. The first-order chi connectivity index (χ1) is 19.2. The second-order valence-corrected chi connectivity index (χ2v) is 9.86. The number of rotatable bonds is 4. The minimum atomic E-state index is 0.656. The van der Waals surface area contributed by atoms with Gasteiger partial charge in [0.25, 0.3) is 0 Å². The molecule has 0 unspecified atom stereocenters. The minimum Gasteiger partial charge on any atom is -0.309 e. The van der Waals surface area contributed by atoms with Crippen LogP contribution >= 0.6 is 0 Å². The van der Waals surface area contributed by atoms with Crippen molar-refractivity contribution in [2.24, 2.45) is 0 Å². The molecule has 4 nitrogen and oxygen atoms in total. The van der Waals surface area contributed by atoms with Gasteiger partial charge in [-0.25, -0.2) is 15.0 Å². The Morgan fingerprint density at radius 2 is 0.821 bits per heavy atom. The van der Waals surface area contributed by atoms with Crippen LogP contribution in [0.25, 0.3) is 61.7 Å². The third kappa shape index (κ3) is 3.98. The molecular formula is C35H26N4. The summed E-state index contributed by atoms with van der Waals surface area (Å²) >= 11 is 0. The van der Waals surface area contributed by atoms with Crippen molar-refractivity contribution in [2.75, 3.05) is 0 Å². The molecule has 5 aromatic carbocycles. The first-order valence-electron chi connectivity index (χ1n) is 13.1. The topological polar surface area (TPSA) is 43.6 Å². The predicted molar refractivity (Wildman–Crippen MR) is 160 cm³/mol. The van der Waals surface area contributed by atoms with E-state index in [1.807, 2.05) is 60.7 Å². The van der Waals surface area contributed by atoms with E-state index in [9.17, 15) is 0 Å². The molecule has 0 aliphatic carbocycles. The summed E-state index contributed by atoms with van der Waals surface area (Å²) in [7, 11) is 0. The van der Waals surface area contributed by atoms with E-state index in [1.165, 1.54) is 32.9 Å². The summed E-state index contributed by atoms with van der Waals surface area (Å²) in [5, 5.41) is 2.55. The zero-order valence-corrected chi connectivity index (χ0v) is 21.8. The molecule has 0 N–H and O–H groups in total. The van der Waals surface area contributed by atoms with Crippen molar-refractivity contribution in [3.8, 4) is 39.9 Å². The molecule has 4 heteroatoms. The van der Waals surface area contributed by atoms with Crippen LogP contribution in [-0.4, -0.2) is 19.5 Å². The van der Waals surface area contributed by atoms with Crippen molar-refractivity contribution in [1.82, 2.24) is 19.5 Å². The minimum absolute atomic E-state index is 0.656. The quantitative estimate of drug-likeness (QED) is 0.242. The van der Waals surface area contributed by atoms with E-state index >= 15 is 0 Å².